The lowest BCUT2D eigenvalue weighted by atomic mass is 9.87. The van der Waals surface area contributed by atoms with E-state index in [1.807, 2.05) is 0 Å². The van der Waals surface area contributed by atoms with Gasteiger partial charge in [0, 0.05) is 0 Å². The van der Waals surface area contributed by atoms with Gasteiger partial charge < -0.3 is 5.73 Å². The second-order valence-electron chi connectivity index (χ2n) is 5.99. The highest BCUT2D eigenvalue weighted by atomic mass is 16.1. The predicted molar refractivity (Wildman–Crippen MR) is 77.5 cm³/mol. The van der Waals surface area contributed by atoms with Crippen LogP contribution in [0.3, 0.4) is 0 Å². The number of amides is 1. The first kappa shape index (κ1) is 14.2. The van der Waals surface area contributed by atoms with Crippen LogP contribution in [0, 0.1) is 6.92 Å². The molecule has 1 amide bonds. The fraction of sp³-hybridized carbons (Fsp3) is 0.400. The van der Waals surface area contributed by atoms with E-state index in [0.717, 1.165) is 5.56 Å². The average molecular weight is 272 g/mol. The van der Waals surface area contributed by atoms with Gasteiger partial charge in [-0.25, -0.2) is 4.68 Å². The van der Waals surface area contributed by atoms with Gasteiger partial charge in [0.2, 0.25) is 0 Å². The van der Waals surface area contributed by atoms with Gasteiger partial charge in [0.1, 0.15) is 0 Å². The second-order valence-corrected chi connectivity index (χ2v) is 5.99. The molecule has 0 radical (unpaired) electrons. The highest BCUT2D eigenvalue weighted by Crippen LogP contribution is 2.22. The molecular formula is C15H20N4O. The number of aromatic nitrogens is 3. The molecule has 1 aromatic heterocycles. The minimum absolute atomic E-state index is 0.140. The quantitative estimate of drug-likeness (QED) is 0.929. The van der Waals surface area contributed by atoms with Crippen LogP contribution in [0.25, 0.3) is 0 Å². The Balaban J connectivity index is 2.21. The lowest BCUT2D eigenvalue weighted by Gasteiger charge is -2.19. The van der Waals surface area contributed by atoms with Gasteiger partial charge in [-0.05, 0) is 23.5 Å². The zero-order valence-corrected chi connectivity index (χ0v) is 12.3. The number of nitrogens with two attached hydrogens (primary N) is 1. The van der Waals surface area contributed by atoms with Gasteiger partial charge in [-0.1, -0.05) is 50.3 Å². The van der Waals surface area contributed by atoms with Gasteiger partial charge in [0.15, 0.2) is 5.69 Å². The molecule has 0 bridgehead atoms. The van der Waals surface area contributed by atoms with Crippen molar-refractivity contribution in [3.05, 3.63) is 46.8 Å². The molecule has 0 unspecified atom stereocenters. The third kappa shape index (κ3) is 2.87. The molecule has 0 fully saturated rings. The molecule has 5 heteroatoms. The van der Waals surface area contributed by atoms with E-state index in [9.17, 15) is 4.79 Å². The summed E-state index contributed by atoms with van der Waals surface area (Å²) in [4.78, 5) is 11.1. The van der Waals surface area contributed by atoms with Crippen LogP contribution in [0.5, 0.6) is 0 Å². The summed E-state index contributed by atoms with van der Waals surface area (Å²) in [5.41, 5.74) is 8.70. The molecule has 0 aliphatic heterocycles. The standard InChI is InChI=1S/C15H20N4O/c1-10-13(14(16)20)17-18-19(10)9-11-5-7-12(8-6-11)15(2,3)4/h5-8H,9H2,1-4H3,(H2,16,20). The van der Waals surface area contributed by atoms with Crippen molar-refractivity contribution in [2.75, 3.05) is 0 Å². The number of primary amides is 1. The highest BCUT2D eigenvalue weighted by Gasteiger charge is 2.15. The molecule has 2 N–H and O–H groups in total. The third-order valence-electron chi connectivity index (χ3n) is 3.37. The normalized spacial score (nSPS) is 11.6. The van der Waals surface area contributed by atoms with Crippen LogP contribution in [-0.2, 0) is 12.0 Å². The summed E-state index contributed by atoms with van der Waals surface area (Å²) in [5, 5.41) is 7.78. The van der Waals surface area contributed by atoms with Crippen LogP contribution in [0.1, 0.15) is 48.1 Å². The molecule has 0 aliphatic rings. The SMILES string of the molecule is Cc1c(C(N)=O)nnn1Cc1ccc(C(C)(C)C)cc1. The van der Waals surface area contributed by atoms with Gasteiger partial charge in [0.25, 0.3) is 5.91 Å². The Bertz CT molecular complexity index is 620. The van der Waals surface area contributed by atoms with E-state index in [0.29, 0.717) is 12.2 Å². The molecule has 0 aliphatic carbocycles. The zero-order valence-electron chi connectivity index (χ0n) is 12.3. The fourth-order valence-electron chi connectivity index (χ4n) is 2.02. The third-order valence-corrected chi connectivity index (χ3v) is 3.37. The van der Waals surface area contributed by atoms with Crippen LogP contribution in [-0.4, -0.2) is 20.9 Å². The lowest BCUT2D eigenvalue weighted by Crippen LogP contribution is -2.14. The lowest BCUT2D eigenvalue weighted by molar-refractivity contribution is 0.0995. The molecular weight excluding hydrogens is 252 g/mol. The minimum Gasteiger partial charge on any atom is -0.364 e. The molecule has 0 spiro atoms. The van der Waals surface area contributed by atoms with E-state index in [4.69, 9.17) is 5.73 Å². The van der Waals surface area contributed by atoms with Gasteiger partial charge in [-0.15, -0.1) is 5.10 Å². The van der Waals surface area contributed by atoms with Crippen LogP contribution >= 0.6 is 0 Å². The Kier molecular flexibility index (Phi) is 3.61. The number of rotatable bonds is 3. The van der Waals surface area contributed by atoms with E-state index < -0.39 is 5.91 Å². The summed E-state index contributed by atoms with van der Waals surface area (Å²) in [6.45, 7) is 8.92. The highest BCUT2D eigenvalue weighted by molar-refractivity contribution is 5.91. The van der Waals surface area contributed by atoms with Crippen molar-refractivity contribution < 1.29 is 4.79 Å². The van der Waals surface area contributed by atoms with Crippen LogP contribution in [0.15, 0.2) is 24.3 Å². The Hall–Kier alpha value is -2.17. The van der Waals surface area contributed by atoms with Crippen molar-refractivity contribution in [1.82, 2.24) is 15.0 Å². The maximum Gasteiger partial charge on any atom is 0.271 e. The summed E-state index contributed by atoms with van der Waals surface area (Å²) in [6, 6.07) is 8.39. The predicted octanol–water partition coefficient (Wildman–Crippen LogP) is 2.03. The Morgan fingerprint density at radius 3 is 2.30 bits per heavy atom. The van der Waals surface area contributed by atoms with E-state index in [1.54, 1.807) is 11.6 Å². The number of carbonyl (C=O) groups is 1. The molecule has 0 saturated carbocycles. The molecule has 1 heterocycles. The van der Waals surface area contributed by atoms with Gasteiger partial charge in [-0.2, -0.15) is 0 Å². The van der Waals surface area contributed by atoms with Crippen molar-refractivity contribution in [1.29, 1.82) is 0 Å². The summed E-state index contributed by atoms with van der Waals surface area (Å²) in [5.74, 6) is -0.545. The molecule has 106 valence electrons. The summed E-state index contributed by atoms with van der Waals surface area (Å²) in [6.07, 6.45) is 0. The Labute approximate surface area is 118 Å². The summed E-state index contributed by atoms with van der Waals surface area (Å²) in [7, 11) is 0. The zero-order chi connectivity index (χ0) is 14.9. The topological polar surface area (TPSA) is 73.8 Å². The van der Waals surface area contributed by atoms with Crippen molar-refractivity contribution in [2.45, 2.75) is 39.7 Å². The van der Waals surface area contributed by atoms with Crippen molar-refractivity contribution in [2.24, 2.45) is 5.73 Å². The molecule has 20 heavy (non-hydrogen) atoms. The monoisotopic (exact) mass is 272 g/mol. The summed E-state index contributed by atoms with van der Waals surface area (Å²) >= 11 is 0. The van der Waals surface area contributed by atoms with Crippen molar-refractivity contribution in [3.63, 3.8) is 0 Å². The van der Waals surface area contributed by atoms with Gasteiger partial charge >= 0.3 is 0 Å². The Morgan fingerprint density at radius 1 is 1.25 bits per heavy atom. The number of carbonyl (C=O) groups excluding carboxylic acids is 1. The molecule has 5 nitrogen and oxygen atoms in total. The van der Waals surface area contributed by atoms with Gasteiger partial charge in [-0.3, -0.25) is 4.79 Å². The second kappa shape index (κ2) is 5.07. The molecule has 0 atom stereocenters. The largest absolute Gasteiger partial charge is 0.364 e. The van der Waals surface area contributed by atoms with Crippen LogP contribution < -0.4 is 5.73 Å². The Morgan fingerprint density at radius 2 is 1.85 bits per heavy atom. The van der Waals surface area contributed by atoms with E-state index in [2.05, 4.69) is 55.3 Å². The smallest absolute Gasteiger partial charge is 0.271 e. The average Bonchev–Trinajstić information content (AvgIpc) is 2.71. The molecule has 2 rings (SSSR count). The maximum atomic E-state index is 11.1. The van der Waals surface area contributed by atoms with E-state index >= 15 is 0 Å². The van der Waals surface area contributed by atoms with Crippen molar-refractivity contribution >= 4 is 5.91 Å². The number of hydrogen-bond acceptors (Lipinski definition) is 3. The summed E-state index contributed by atoms with van der Waals surface area (Å²) < 4.78 is 1.69. The van der Waals surface area contributed by atoms with Crippen LogP contribution in [0.2, 0.25) is 0 Å². The van der Waals surface area contributed by atoms with Crippen molar-refractivity contribution in [3.8, 4) is 0 Å². The minimum atomic E-state index is -0.545. The first-order chi connectivity index (χ1) is 9.29. The number of hydrogen-bond donors (Lipinski definition) is 1. The van der Waals surface area contributed by atoms with E-state index in [1.165, 1.54) is 5.56 Å². The first-order valence-electron chi connectivity index (χ1n) is 6.58. The molecule has 2 aromatic rings. The molecule has 1 aromatic carbocycles. The molecule has 0 saturated heterocycles. The van der Waals surface area contributed by atoms with Gasteiger partial charge in [0.05, 0.1) is 12.2 Å². The maximum absolute atomic E-state index is 11.1. The fourth-order valence-corrected chi connectivity index (χ4v) is 2.02. The number of benzene rings is 1. The van der Waals surface area contributed by atoms with E-state index in [-0.39, 0.29) is 11.1 Å². The number of nitrogens with zero attached hydrogens (tertiary/aromatic N) is 3. The first-order valence-corrected chi connectivity index (χ1v) is 6.58. The van der Waals surface area contributed by atoms with Crippen LogP contribution in [0.4, 0.5) is 0 Å².